The summed E-state index contributed by atoms with van der Waals surface area (Å²) in [5.74, 6) is -0.785. The van der Waals surface area contributed by atoms with Crippen LogP contribution >= 0.6 is 0 Å². The topological polar surface area (TPSA) is 112 Å². The zero-order valence-corrected chi connectivity index (χ0v) is 13.1. The van der Waals surface area contributed by atoms with E-state index in [-0.39, 0.29) is 37.0 Å². The summed E-state index contributed by atoms with van der Waals surface area (Å²) in [5.41, 5.74) is 0. The van der Waals surface area contributed by atoms with E-state index in [0.29, 0.717) is 6.54 Å². The van der Waals surface area contributed by atoms with Gasteiger partial charge in [0.05, 0.1) is 6.10 Å². The fourth-order valence-corrected chi connectivity index (χ4v) is 2.72. The van der Waals surface area contributed by atoms with Gasteiger partial charge in [-0.1, -0.05) is 6.08 Å². The second kappa shape index (κ2) is 7.35. The molecule has 3 aliphatic rings. The smallest absolute Gasteiger partial charge is 0.352 e. The Morgan fingerprint density at radius 1 is 1.38 bits per heavy atom. The van der Waals surface area contributed by atoms with Crippen LogP contribution in [0.5, 0.6) is 0 Å². The highest BCUT2D eigenvalue weighted by atomic mass is 16.5. The Bertz CT molecular complexity index is 621. The van der Waals surface area contributed by atoms with E-state index in [1.54, 1.807) is 12.2 Å². The van der Waals surface area contributed by atoms with Crippen LogP contribution < -0.4 is 10.6 Å². The third-order valence-electron chi connectivity index (χ3n) is 3.98. The zero-order chi connectivity index (χ0) is 16.9. The van der Waals surface area contributed by atoms with Crippen LogP contribution in [0.25, 0.3) is 0 Å². The fourth-order valence-electron chi connectivity index (χ4n) is 2.72. The van der Waals surface area contributed by atoms with Crippen LogP contribution in [0.15, 0.2) is 22.1 Å². The van der Waals surface area contributed by atoms with Gasteiger partial charge >= 0.3 is 12.1 Å². The molecule has 2 N–H and O–H groups in total. The highest BCUT2D eigenvalue weighted by Crippen LogP contribution is 2.18. The van der Waals surface area contributed by atoms with Crippen molar-refractivity contribution in [1.82, 2.24) is 15.5 Å². The molecule has 0 aromatic rings. The van der Waals surface area contributed by atoms with Crippen LogP contribution in [0.3, 0.4) is 0 Å². The van der Waals surface area contributed by atoms with Crippen molar-refractivity contribution >= 4 is 30.0 Å². The van der Waals surface area contributed by atoms with E-state index in [2.05, 4.69) is 20.6 Å². The lowest BCUT2D eigenvalue weighted by molar-refractivity contribution is -0.129. The van der Waals surface area contributed by atoms with E-state index in [9.17, 15) is 14.4 Å². The second-order valence-electron chi connectivity index (χ2n) is 5.66. The van der Waals surface area contributed by atoms with Gasteiger partial charge in [-0.25, -0.2) is 14.6 Å². The molecule has 24 heavy (non-hydrogen) atoms. The number of nitrogens with one attached hydrogen (secondary N) is 2. The van der Waals surface area contributed by atoms with Gasteiger partial charge in [0.15, 0.2) is 0 Å². The molecule has 9 heteroatoms. The highest BCUT2D eigenvalue weighted by molar-refractivity contribution is 6.19. The normalized spacial score (nSPS) is 25.5. The Balaban J connectivity index is 1.44. The fraction of sp³-hybridized carbons (Fsp3) is 0.533. The lowest BCUT2D eigenvalue weighted by atomic mass is 10.0. The lowest BCUT2D eigenvalue weighted by Gasteiger charge is -2.27. The Hall–Kier alpha value is -2.55. The molecule has 0 bridgehead atoms. The molecule has 0 saturated carbocycles. The first kappa shape index (κ1) is 16.3. The standard InChI is InChI=1S/C15H19N5O4/c21-13-11-4-1-5-16-12(11)19-15(23)20(13)7-6-17-14(22)18-9-10-3-2-8-24-10/h1,4-5,10-11H,2-3,6-9H2,(H2,17,18,22). The number of hydrogen-bond acceptors (Lipinski definition) is 5. The molecule has 0 radical (unpaired) electrons. The predicted molar refractivity (Wildman–Crippen MR) is 86.0 cm³/mol. The summed E-state index contributed by atoms with van der Waals surface area (Å²) in [6.07, 6.45) is 6.80. The minimum absolute atomic E-state index is 0.0624. The number of dihydropyridines is 1. The maximum absolute atomic E-state index is 12.3. The molecule has 2 unspecified atom stereocenters. The molecule has 0 spiro atoms. The Morgan fingerprint density at radius 3 is 3.04 bits per heavy atom. The lowest BCUT2D eigenvalue weighted by Crippen LogP contribution is -2.49. The zero-order valence-electron chi connectivity index (χ0n) is 13.1. The van der Waals surface area contributed by atoms with E-state index in [0.717, 1.165) is 24.3 Å². The molecule has 128 valence electrons. The number of rotatable bonds is 5. The molecule has 0 aromatic heterocycles. The van der Waals surface area contributed by atoms with Crippen molar-refractivity contribution in [3.63, 3.8) is 0 Å². The van der Waals surface area contributed by atoms with Crippen LogP contribution in [0, 0.1) is 5.92 Å². The molecule has 3 heterocycles. The van der Waals surface area contributed by atoms with Crippen molar-refractivity contribution in [2.24, 2.45) is 15.9 Å². The maximum atomic E-state index is 12.3. The van der Waals surface area contributed by atoms with E-state index in [4.69, 9.17) is 4.74 Å². The van der Waals surface area contributed by atoms with Crippen molar-refractivity contribution in [3.05, 3.63) is 12.2 Å². The van der Waals surface area contributed by atoms with Gasteiger partial charge < -0.3 is 15.4 Å². The van der Waals surface area contributed by atoms with E-state index in [1.807, 2.05) is 0 Å². The van der Waals surface area contributed by atoms with Gasteiger partial charge in [-0.05, 0) is 18.9 Å². The molecule has 3 rings (SSSR count). The Morgan fingerprint density at radius 2 is 2.25 bits per heavy atom. The Kier molecular flexibility index (Phi) is 4.99. The largest absolute Gasteiger partial charge is 0.376 e. The summed E-state index contributed by atoms with van der Waals surface area (Å²) < 4.78 is 5.41. The van der Waals surface area contributed by atoms with Crippen molar-refractivity contribution < 1.29 is 19.1 Å². The summed E-state index contributed by atoms with van der Waals surface area (Å²) in [4.78, 5) is 44.7. The van der Waals surface area contributed by atoms with Gasteiger partial charge in [0.25, 0.3) is 0 Å². The molecule has 5 amide bonds. The molecule has 0 aliphatic carbocycles. The third-order valence-corrected chi connectivity index (χ3v) is 3.98. The summed E-state index contributed by atoms with van der Waals surface area (Å²) in [5, 5.41) is 5.33. The first-order chi connectivity index (χ1) is 11.6. The number of ether oxygens (including phenoxy) is 1. The predicted octanol–water partition coefficient (Wildman–Crippen LogP) is 0.0821. The summed E-state index contributed by atoms with van der Waals surface area (Å²) >= 11 is 0. The van der Waals surface area contributed by atoms with Gasteiger partial charge in [-0.15, -0.1) is 0 Å². The second-order valence-corrected chi connectivity index (χ2v) is 5.66. The molecular weight excluding hydrogens is 314 g/mol. The highest BCUT2D eigenvalue weighted by Gasteiger charge is 2.36. The third kappa shape index (κ3) is 3.67. The van der Waals surface area contributed by atoms with Crippen LogP contribution in [-0.2, 0) is 9.53 Å². The summed E-state index contributed by atoms with van der Waals surface area (Å²) in [7, 11) is 0. The van der Waals surface area contributed by atoms with Gasteiger partial charge in [-0.3, -0.25) is 9.69 Å². The first-order valence-electron chi connectivity index (χ1n) is 7.93. The van der Waals surface area contributed by atoms with Crippen molar-refractivity contribution in [3.8, 4) is 0 Å². The minimum Gasteiger partial charge on any atom is -0.376 e. The summed E-state index contributed by atoms with van der Waals surface area (Å²) in [6, 6.07) is -1.01. The molecule has 9 nitrogen and oxygen atoms in total. The maximum Gasteiger partial charge on any atom is 0.352 e. The Labute approximate surface area is 138 Å². The molecular formula is C15H19N5O4. The number of amidine groups is 1. The number of amides is 5. The average molecular weight is 333 g/mol. The van der Waals surface area contributed by atoms with Gasteiger partial charge in [0.1, 0.15) is 11.8 Å². The molecule has 3 aliphatic heterocycles. The van der Waals surface area contributed by atoms with Gasteiger partial charge in [-0.2, -0.15) is 4.99 Å². The van der Waals surface area contributed by atoms with Gasteiger partial charge in [0, 0.05) is 32.5 Å². The minimum atomic E-state index is -0.653. The van der Waals surface area contributed by atoms with Crippen LogP contribution in [0.2, 0.25) is 0 Å². The first-order valence-corrected chi connectivity index (χ1v) is 7.93. The van der Waals surface area contributed by atoms with Crippen molar-refractivity contribution in [1.29, 1.82) is 0 Å². The number of nitrogens with zero attached hydrogens (tertiary/aromatic N) is 3. The number of aliphatic imine (C=N–C) groups is 2. The number of imide groups is 1. The molecule has 0 aromatic carbocycles. The van der Waals surface area contributed by atoms with Gasteiger partial charge in [0.2, 0.25) is 5.91 Å². The monoisotopic (exact) mass is 333 g/mol. The van der Waals surface area contributed by atoms with Crippen LogP contribution in [-0.4, -0.2) is 67.3 Å². The number of fused-ring (bicyclic) bond motifs is 1. The summed E-state index contributed by atoms with van der Waals surface area (Å²) in [6.45, 7) is 1.40. The SMILES string of the molecule is O=C(NCCN1C(=O)N=C2N=CC=CC2C1=O)NCC1CCCO1. The quantitative estimate of drug-likeness (QED) is 0.742. The number of allylic oxidation sites excluding steroid dienone is 1. The average Bonchev–Trinajstić information content (AvgIpc) is 3.09. The number of urea groups is 2. The van der Waals surface area contributed by atoms with Crippen LogP contribution in [0.4, 0.5) is 9.59 Å². The molecule has 1 saturated heterocycles. The number of hydrogen-bond donors (Lipinski definition) is 2. The number of carbonyl (C=O) groups excluding carboxylic acids is 3. The number of carbonyl (C=O) groups is 3. The molecule has 1 fully saturated rings. The van der Waals surface area contributed by atoms with E-state index >= 15 is 0 Å². The van der Waals surface area contributed by atoms with E-state index < -0.39 is 11.9 Å². The van der Waals surface area contributed by atoms with Crippen molar-refractivity contribution in [2.75, 3.05) is 26.2 Å². The van der Waals surface area contributed by atoms with Crippen LogP contribution in [0.1, 0.15) is 12.8 Å². The molecule has 2 atom stereocenters. The van der Waals surface area contributed by atoms with E-state index in [1.165, 1.54) is 6.21 Å². The van der Waals surface area contributed by atoms with Crippen molar-refractivity contribution in [2.45, 2.75) is 18.9 Å².